The molecule has 0 amide bonds. The van der Waals surface area contributed by atoms with Crippen LogP contribution in [0.25, 0.3) is 0 Å². The third-order valence-corrected chi connectivity index (χ3v) is 3.77. The second-order valence-corrected chi connectivity index (χ2v) is 5.48. The number of benzene rings is 1. The molecule has 0 bridgehead atoms. The minimum absolute atomic E-state index is 0.0391. The molecule has 3 N–H and O–H groups in total. The lowest BCUT2D eigenvalue weighted by molar-refractivity contribution is 0.478. The summed E-state index contributed by atoms with van der Waals surface area (Å²) in [4.78, 5) is 0. The Bertz CT molecular complexity index is 568. The van der Waals surface area contributed by atoms with Gasteiger partial charge in [0.25, 0.3) is 0 Å². The highest BCUT2D eigenvalue weighted by atomic mass is 35.5. The highest BCUT2D eigenvalue weighted by Gasteiger charge is 2.16. The van der Waals surface area contributed by atoms with E-state index in [-0.39, 0.29) is 6.04 Å². The number of hydrogen-bond acceptors (Lipinski definition) is 3. The molecule has 1 atom stereocenters. The Kier molecular flexibility index (Phi) is 5.43. The van der Waals surface area contributed by atoms with Gasteiger partial charge in [0, 0.05) is 22.8 Å². The topological polar surface area (TPSA) is 55.9 Å². The van der Waals surface area contributed by atoms with Gasteiger partial charge in [0.1, 0.15) is 0 Å². The minimum atomic E-state index is -0.0391. The second kappa shape index (κ2) is 7.09. The molecule has 0 fully saturated rings. The van der Waals surface area contributed by atoms with Crippen molar-refractivity contribution >= 4 is 23.2 Å². The molecule has 20 heavy (non-hydrogen) atoms. The molecule has 4 nitrogen and oxygen atoms in total. The maximum Gasteiger partial charge on any atom is 0.0669 e. The van der Waals surface area contributed by atoms with Crippen LogP contribution in [0.4, 0.5) is 0 Å². The third-order valence-electron chi connectivity index (χ3n) is 3.18. The predicted octanol–water partition coefficient (Wildman–Crippen LogP) is 3.35. The zero-order chi connectivity index (χ0) is 14.5. The highest BCUT2D eigenvalue weighted by molar-refractivity contribution is 6.35. The van der Waals surface area contributed by atoms with E-state index >= 15 is 0 Å². The summed E-state index contributed by atoms with van der Waals surface area (Å²) in [6.45, 7) is 2.99. The van der Waals surface area contributed by atoms with E-state index in [2.05, 4.69) is 17.4 Å². The van der Waals surface area contributed by atoms with Gasteiger partial charge in [-0.15, -0.1) is 0 Å². The van der Waals surface area contributed by atoms with E-state index in [0.29, 0.717) is 16.5 Å². The van der Waals surface area contributed by atoms with Gasteiger partial charge in [-0.3, -0.25) is 16.0 Å². The van der Waals surface area contributed by atoms with Gasteiger partial charge in [-0.05, 0) is 36.6 Å². The van der Waals surface area contributed by atoms with Crippen molar-refractivity contribution < 1.29 is 0 Å². The first kappa shape index (κ1) is 15.3. The lowest BCUT2D eigenvalue weighted by Gasteiger charge is -2.18. The summed E-state index contributed by atoms with van der Waals surface area (Å²) in [7, 11) is 0. The first-order chi connectivity index (χ1) is 9.65. The predicted molar refractivity (Wildman–Crippen MR) is 82.7 cm³/mol. The van der Waals surface area contributed by atoms with Crippen LogP contribution in [0.15, 0.2) is 30.5 Å². The van der Waals surface area contributed by atoms with E-state index in [1.165, 1.54) is 0 Å². The van der Waals surface area contributed by atoms with Crippen LogP contribution in [0.1, 0.15) is 30.6 Å². The molecule has 0 radical (unpaired) electrons. The Labute approximate surface area is 128 Å². The van der Waals surface area contributed by atoms with E-state index < -0.39 is 0 Å². The molecule has 0 aliphatic heterocycles. The molecule has 0 aliphatic carbocycles. The van der Waals surface area contributed by atoms with Crippen molar-refractivity contribution in [3.8, 4) is 0 Å². The summed E-state index contributed by atoms with van der Waals surface area (Å²) in [5, 5.41) is 5.60. The number of nitrogens with two attached hydrogens (primary N) is 1. The van der Waals surface area contributed by atoms with E-state index in [9.17, 15) is 0 Å². The summed E-state index contributed by atoms with van der Waals surface area (Å²) >= 11 is 12.1. The molecule has 1 heterocycles. The Morgan fingerprint density at radius 3 is 2.80 bits per heavy atom. The zero-order valence-electron chi connectivity index (χ0n) is 11.3. The van der Waals surface area contributed by atoms with Crippen LogP contribution in [-0.4, -0.2) is 9.78 Å². The summed E-state index contributed by atoms with van der Waals surface area (Å²) in [5.74, 6) is 5.70. The molecule has 2 rings (SSSR count). The number of aromatic nitrogens is 2. The van der Waals surface area contributed by atoms with Gasteiger partial charge in [-0.25, -0.2) is 0 Å². The molecule has 1 aromatic carbocycles. The summed E-state index contributed by atoms with van der Waals surface area (Å²) < 4.78 is 1.97. The number of rotatable bonds is 6. The van der Waals surface area contributed by atoms with Crippen LogP contribution in [0, 0.1) is 0 Å². The first-order valence-corrected chi connectivity index (χ1v) is 7.33. The SMILES string of the molecule is CCCn1nccc1C(Cc1ccc(Cl)cc1Cl)NN. The van der Waals surface area contributed by atoms with E-state index in [0.717, 1.165) is 24.2 Å². The molecular weight excluding hydrogens is 295 g/mol. The third kappa shape index (κ3) is 3.52. The molecule has 108 valence electrons. The van der Waals surface area contributed by atoms with Crippen LogP contribution < -0.4 is 11.3 Å². The summed E-state index contributed by atoms with van der Waals surface area (Å²) in [5.41, 5.74) is 4.90. The van der Waals surface area contributed by atoms with Gasteiger partial charge in [0.2, 0.25) is 0 Å². The Hall–Kier alpha value is -1.07. The molecule has 0 saturated carbocycles. The van der Waals surface area contributed by atoms with Crippen molar-refractivity contribution in [3.63, 3.8) is 0 Å². The van der Waals surface area contributed by atoms with Crippen molar-refractivity contribution in [2.24, 2.45) is 5.84 Å². The van der Waals surface area contributed by atoms with Crippen LogP contribution in [0.2, 0.25) is 10.0 Å². The quantitative estimate of drug-likeness (QED) is 0.635. The number of nitrogens with one attached hydrogen (secondary N) is 1. The second-order valence-electron chi connectivity index (χ2n) is 4.64. The van der Waals surface area contributed by atoms with Crippen LogP contribution >= 0.6 is 23.2 Å². The first-order valence-electron chi connectivity index (χ1n) is 6.57. The number of halogens is 2. The fourth-order valence-electron chi connectivity index (χ4n) is 2.19. The van der Waals surface area contributed by atoms with Crippen molar-refractivity contribution in [2.75, 3.05) is 0 Å². The van der Waals surface area contributed by atoms with Crippen molar-refractivity contribution in [3.05, 3.63) is 51.8 Å². The number of hydrogen-bond donors (Lipinski definition) is 2. The standard InChI is InChI=1S/C14H18Cl2N4/c1-2-7-20-14(5-6-18-20)13(19-17)8-10-3-4-11(15)9-12(10)16/h3-6,9,13,19H,2,7-8,17H2,1H3. The maximum absolute atomic E-state index is 6.22. The molecule has 0 spiro atoms. The highest BCUT2D eigenvalue weighted by Crippen LogP contribution is 2.26. The van der Waals surface area contributed by atoms with Gasteiger partial charge in [0.15, 0.2) is 0 Å². The average molecular weight is 313 g/mol. The average Bonchev–Trinajstić information content (AvgIpc) is 2.87. The maximum atomic E-state index is 6.22. The van der Waals surface area contributed by atoms with Crippen LogP contribution in [-0.2, 0) is 13.0 Å². The minimum Gasteiger partial charge on any atom is -0.271 e. The number of aryl methyl sites for hydroxylation is 1. The van der Waals surface area contributed by atoms with Crippen molar-refractivity contribution in [2.45, 2.75) is 32.4 Å². The lowest BCUT2D eigenvalue weighted by atomic mass is 10.0. The molecule has 0 aliphatic rings. The Morgan fingerprint density at radius 1 is 1.35 bits per heavy atom. The summed E-state index contributed by atoms with van der Waals surface area (Å²) in [6, 6.07) is 7.44. The van der Waals surface area contributed by atoms with Gasteiger partial charge < -0.3 is 0 Å². The summed E-state index contributed by atoms with van der Waals surface area (Å²) in [6.07, 6.45) is 3.49. The van der Waals surface area contributed by atoms with E-state index in [4.69, 9.17) is 29.0 Å². The molecule has 0 saturated heterocycles. The fourth-order valence-corrected chi connectivity index (χ4v) is 2.68. The number of nitrogens with zero attached hydrogens (tertiary/aromatic N) is 2. The Balaban J connectivity index is 2.22. The zero-order valence-corrected chi connectivity index (χ0v) is 12.8. The molecule has 6 heteroatoms. The van der Waals surface area contributed by atoms with Gasteiger partial charge in [-0.2, -0.15) is 5.10 Å². The van der Waals surface area contributed by atoms with E-state index in [1.54, 1.807) is 12.3 Å². The van der Waals surface area contributed by atoms with Crippen molar-refractivity contribution in [1.29, 1.82) is 0 Å². The smallest absolute Gasteiger partial charge is 0.0669 e. The normalized spacial score (nSPS) is 12.6. The largest absolute Gasteiger partial charge is 0.271 e. The molecule has 2 aromatic rings. The lowest BCUT2D eigenvalue weighted by Crippen LogP contribution is -2.31. The van der Waals surface area contributed by atoms with Gasteiger partial charge >= 0.3 is 0 Å². The molecule has 1 aromatic heterocycles. The number of hydrazine groups is 1. The molecular formula is C14H18Cl2N4. The Morgan fingerprint density at radius 2 is 2.15 bits per heavy atom. The van der Waals surface area contributed by atoms with Crippen molar-refractivity contribution in [1.82, 2.24) is 15.2 Å². The van der Waals surface area contributed by atoms with Gasteiger partial charge in [-0.1, -0.05) is 36.2 Å². The van der Waals surface area contributed by atoms with E-state index in [1.807, 2.05) is 22.9 Å². The van der Waals surface area contributed by atoms with Crippen LogP contribution in [0.5, 0.6) is 0 Å². The van der Waals surface area contributed by atoms with Crippen LogP contribution in [0.3, 0.4) is 0 Å². The van der Waals surface area contributed by atoms with Gasteiger partial charge in [0.05, 0.1) is 11.7 Å². The molecule has 1 unspecified atom stereocenters. The fraction of sp³-hybridized carbons (Fsp3) is 0.357. The monoisotopic (exact) mass is 312 g/mol.